The second-order valence-corrected chi connectivity index (χ2v) is 5.79. The summed E-state index contributed by atoms with van der Waals surface area (Å²) in [4.78, 5) is 24.4. The van der Waals surface area contributed by atoms with Gasteiger partial charge in [-0.05, 0) is 30.7 Å². The van der Waals surface area contributed by atoms with Gasteiger partial charge in [-0.15, -0.1) is 0 Å². The number of anilines is 1. The summed E-state index contributed by atoms with van der Waals surface area (Å²) in [5.74, 6) is -2.38. The highest BCUT2D eigenvalue weighted by atomic mass is 19.1. The minimum atomic E-state index is -0.733. The Kier molecular flexibility index (Phi) is 4.29. The number of halogens is 2. The quantitative estimate of drug-likeness (QED) is 0.907. The Labute approximate surface area is 137 Å². The van der Waals surface area contributed by atoms with Crippen LogP contribution in [0.25, 0.3) is 0 Å². The van der Waals surface area contributed by atoms with Crippen molar-refractivity contribution >= 4 is 17.5 Å². The van der Waals surface area contributed by atoms with Crippen LogP contribution >= 0.6 is 0 Å². The van der Waals surface area contributed by atoms with E-state index in [0.29, 0.717) is 16.8 Å². The van der Waals surface area contributed by atoms with E-state index in [-0.39, 0.29) is 12.3 Å². The van der Waals surface area contributed by atoms with Gasteiger partial charge in [0.2, 0.25) is 11.8 Å². The molecule has 2 amide bonds. The average Bonchev–Trinajstić information content (AvgIpc) is 2.53. The largest absolute Gasteiger partial charge is 0.349 e. The summed E-state index contributed by atoms with van der Waals surface area (Å²) in [5.41, 5.74) is 1.21. The van der Waals surface area contributed by atoms with Crippen molar-refractivity contribution in [3.05, 3.63) is 65.2 Å². The number of nitrogens with one attached hydrogen (secondary N) is 2. The zero-order chi connectivity index (χ0) is 17.3. The van der Waals surface area contributed by atoms with Gasteiger partial charge in [-0.1, -0.05) is 24.3 Å². The molecule has 0 aromatic heterocycles. The van der Waals surface area contributed by atoms with Crippen LogP contribution in [0.15, 0.2) is 42.5 Å². The summed E-state index contributed by atoms with van der Waals surface area (Å²) in [6.45, 7) is 1.67. The third kappa shape index (κ3) is 3.13. The molecule has 4 nitrogen and oxygen atoms in total. The first-order valence-electron chi connectivity index (χ1n) is 7.60. The number of benzene rings is 2. The van der Waals surface area contributed by atoms with E-state index in [1.54, 1.807) is 25.1 Å². The van der Waals surface area contributed by atoms with Gasteiger partial charge < -0.3 is 10.6 Å². The van der Waals surface area contributed by atoms with E-state index in [1.165, 1.54) is 24.3 Å². The molecule has 3 rings (SSSR count). The molecule has 0 aliphatic carbocycles. The predicted octanol–water partition coefficient (Wildman–Crippen LogP) is 3.27. The highest BCUT2D eigenvalue weighted by Crippen LogP contribution is 2.33. The molecule has 6 heteroatoms. The number of amides is 2. The van der Waals surface area contributed by atoms with Gasteiger partial charge in [-0.25, -0.2) is 8.78 Å². The van der Waals surface area contributed by atoms with Gasteiger partial charge in [0.25, 0.3) is 0 Å². The SMILES string of the molecule is CC(NC(=O)C1CC(=O)Nc2cc(F)ccc21)c1ccccc1F. The molecular weight excluding hydrogens is 314 g/mol. The maximum absolute atomic E-state index is 13.8. The molecule has 2 aromatic carbocycles. The molecular formula is C18H16F2N2O2. The van der Waals surface area contributed by atoms with Gasteiger partial charge in [0.1, 0.15) is 11.6 Å². The molecule has 2 atom stereocenters. The lowest BCUT2D eigenvalue weighted by Crippen LogP contribution is -2.36. The van der Waals surface area contributed by atoms with E-state index in [0.717, 1.165) is 0 Å². The third-order valence-corrected chi connectivity index (χ3v) is 4.10. The molecule has 0 bridgehead atoms. The lowest BCUT2D eigenvalue weighted by Gasteiger charge is -2.26. The molecule has 2 unspecified atom stereocenters. The van der Waals surface area contributed by atoms with Crippen LogP contribution in [0.4, 0.5) is 14.5 Å². The van der Waals surface area contributed by atoms with Crippen LogP contribution in [-0.4, -0.2) is 11.8 Å². The normalized spacial score (nSPS) is 17.6. The van der Waals surface area contributed by atoms with Crippen LogP contribution in [-0.2, 0) is 9.59 Å². The Morgan fingerprint density at radius 2 is 2.00 bits per heavy atom. The second kappa shape index (κ2) is 6.39. The van der Waals surface area contributed by atoms with Crippen molar-refractivity contribution in [2.45, 2.75) is 25.3 Å². The van der Waals surface area contributed by atoms with Crippen molar-refractivity contribution in [2.24, 2.45) is 0 Å². The Morgan fingerprint density at radius 3 is 2.75 bits per heavy atom. The monoisotopic (exact) mass is 330 g/mol. The lowest BCUT2D eigenvalue weighted by atomic mass is 9.89. The standard InChI is InChI=1S/C18H16F2N2O2/c1-10(12-4-2-3-5-15(12)20)21-18(24)14-9-17(23)22-16-8-11(19)6-7-13(14)16/h2-8,10,14H,9H2,1H3,(H,21,24)(H,22,23). The maximum Gasteiger partial charge on any atom is 0.228 e. The number of carbonyl (C=O) groups is 2. The first kappa shape index (κ1) is 16.1. The topological polar surface area (TPSA) is 58.2 Å². The maximum atomic E-state index is 13.8. The second-order valence-electron chi connectivity index (χ2n) is 5.79. The van der Waals surface area contributed by atoms with E-state index < -0.39 is 29.5 Å². The fourth-order valence-corrected chi connectivity index (χ4v) is 2.89. The fraction of sp³-hybridized carbons (Fsp3) is 0.222. The third-order valence-electron chi connectivity index (χ3n) is 4.10. The Balaban J connectivity index is 1.83. The first-order chi connectivity index (χ1) is 11.5. The Morgan fingerprint density at radius 1 is 1.25 bits per heavy atom. The molecule has 0 radical (unpaired) electrons. The van der Waals surface area contributed by atoms with Crippen LogP contribution in [0.5, 0.6) is 0 Å². The van der Waals surface area contributed by atoms with Gasteiger partial charge in [-0.3, -0.25) is 9.59 Å². The zero-order valence-electron chi connectivity index (χ0n) is 13.0. The highest BCUT2D eigenvalue weighted by Gasteiger charge is 2.31. The molecule has 1 heterocycles. The lowest BCUT2D eigenvalue weighted by molar-refractivity contribution is -0.126. The molecule has 1 aliphatic rings. The van der Waals surface area contributed by atoms with Crippen molar-refractivity contribution in [3.63, 3.8) is 0 Å². The minimum Gasteiger partial charge on any atom is -0.349 e. The van der Waals surface area contributed by atoms with E-state index in [4.69, 9.17) is 0 Å². The number of hydrogen-bond donors (Lipinski definition) is 2. The summed E-state index contributed by atoms with van der Waals surface area (Å²) in [7, 11) is 0. The van der Waals surface area contributed by atoms with Gasteiger partial charge in [0.05, 0.1) is 12.0 Å². The van der Waals surface area contributed by atoms with Crippen LogP contribution < -0.4 is 10.6 Å². The highest BCUT2D eigenvalue weighted by molar-refractivity contribution is 6.01. The molecule has 0 fully saturated rings. The average molecular weight is 330 g/mol. The van der Waals surface area contributed by atoms with Crippen molar-refractivity contribution in [1.29, 1.82) is 0 Å². The van der Waals surface area contributed by atoms with E-state index in [1.807, 2.05) is 0 Å². The van der Waals surface area contributed by atoms with Crippen LogP contribution in [0.2, 0.25) is 0 Å². The summed E-state index contributed by atoms with van der Waals surface area (Å²) in [5, 5.41) is 5.29. The smallest absolute Gasteiger partial charge is 0.228 e. The van der Waals surface area contributed by atoms with Crippen molar-refractivity contribution in [2.75, 3.05) is 5.32 Å². The minimum absolute atomic E-state index is 0.0333. The summed E-state index contributed by atoms with van der Waals surface area (Å²) < 4.78 is 27.2. The number of hydrogen-bond acceptors (Lipinski definition) is 2. The zero-order valence-corrected chi connectivity index (χ0v) is 13.0. The molecule has 0 spiro atoms. The Bertz CT molecular complexity index is 807. The summed E-state index contributed by atoms with van der Waals surface area (Å²) >= 11 is 0. The number of rotatable bonds is 3. The molecule has 124 valence electrons. The van der Waals surface area contributed by atoms with Crippen LogP contribution in [0, 0.1) is 11.6 Å². The van der Waals surface area contributed by atoms with E-state index in [9.17, 15) is 18.4 Å². The fourth-order valence-electron chi connectivity index (χ4n) is 2.89. The first-order valence-corrected chi connectivity index (χ1v) is 7.60. The van der Waals surface area contributed by atoms with Crippen molar-refractivity contribution in [3.8, 4) is 0 Å². The summed E-state index contributed by atoms with van der Waals surface area (Å²) in [6.07, 6.45) is -0.0333. The van der Waals surface area contributed by atoms with Crippen LogP contribution in [0.1, 0.15) is 36.4 Å². The van der Waals surface area contributed by atoms with Crippen molar-refractivity contribution < 1.29 is 18.4 Å². The molecule has 2 aromatic rings. The van der Waals surface area contributed by atoms with E-state index >= 15 is 0 Å². The predicted molar refractivity (Wildman–Crippen MR) is 85.3 cm³/mol. The Hall–Kier alpha value is -2.76. The number of carbonyl (C=O) groups excluding carboxylic acids is 2. The molecule has 24 heavy (non-hydrogen) atoms. The molecule has 1 aliphatic heterocycles. The van der Waals surface area contributed by atoms with Gasteiger partial charge in [-0.2, -0.15) is 0 Å². The molecule has 0 saturated heterocycles. The van der Waals surface area contributed by atoms with E-state index in [2.05, 4.69) is 10.6 Å². The van der Waals surface area contributed by atoms with Gasteiger partial charge in [0.15, 0.2) is 0 Å². The van der Waals surface area contributed by atoms with Gasteiger partial charge in [0, 0.05) is 17.7 Å². The summed E-state index contributed by atoms with van der Waals surface area (Å²) in [6, 6.07) is 9.55. The van der Waals surface area contributed by atoms with Crippen molar-refractivity contribution in [1.82, 2.24) is 5.32 Å². The number of fused-ring (bicyclic) bond motifs is 1. The molecule has 2 N–H and O–H groups in total. The van der Waals surface area contributed by atoms with Crippen LogP contribution in [0.3, 0.4) is 0 Å². The molecule has 0 saturated carbocycles. The van der Waals surface area contributed by atoms with Gasteiger partial charge >= 0.3 is 0 Å².